The van der Waals surface area contributed by atoms with E-state index >= 15 is 0 Å². The molecule has 0 fully saturated rings. The van der Waals surface area contributed by atoms with Gasteiger partial charge in [0.15, 0.2) is 0 Å². The molecule has 2 aromatic heterocycles. The van der Waals surface area contributed by atoms with Crippen LogP contribution in [0.4, 0.5) is 5.95 Å². The van der Waals surface area contributed by atoms with Crippen molar-refractivity contribution in [2.24, 2.45) is 5.92 Å². The summed E-state index contributed by atoms with van der Waals surface area (Å²) >= 11 is 0. The summed E-state index contributed by atoms with van der Waals surface area (Å²) in [6, 6.07) is 5.04. The minimum absolute atomic E-state index is 0.0434. The monoisotopic (exact) mass is 362 g/mol. The molecule has 3 N–H and O–H groups in total. The van der Waals surface area contributed by atoms with Gasteiger partial charge in [0.25, 0.3) is 0 Å². The quantitative estimate of drug-likeness (QED) is 0.244. The van der Waals surface area contributed by atoms with Crippen molar-refractivity contribution in [3.63, 3.8) is 0 Å². The average molecular weight is 362 g/mol. The van der Waals surface area contributed by atoms with Crippen molar-refractivity contribution in [1.82, 2.24) is 24.9 Å². The number of pyridine rings is 1. The zero-order valence-electron chi connectivity index (χ0n) is 14.5. The van der Waals surface area contributed by atoms with E-state index < -0.39 is 17.5 Å². The van der Waals surface area contributed by atoms with E-state index in [-0.39, 0.29) is 18.9 Å². The Morgan fingerprint density at radius 3 is 2.92 bits per heavy atom. The third-order valence-electron chi connectivity index (χ3n) is 3.82. The molecule has 140 valence electrons. The second kappa shape index (κ2) is 9.47. The molecular formula is C16H22N6O4. The zero-order valence-corrected chi connectivity index (χ0v) is 14.5. The molecule has 10 nitrogen and oxygen atoms in total. The van der Waals surface area contributed by atoms with Crippen molar-refractivity contribution in [2.75, 3.05) is 12.0 Å². The Balaban J connectivity index is 2.03. The summed E-state index contributed by atoms with van der Waals surface area (Å²) in [4.78, 5) is 42.7. The molecule has 0 aromatic carbocycles. The lowest BCUT2D eigenvalue weighted by Gasteiger charge is -2.19. The SMILES string of the molecule is CCCCC[C@@H](CN(O)C=O)C(=O)NNc1nc(=O)n2ccccc2n1. The fourth-order valence-corrected chi connectivity index (χ4v) is 2.46. The van der Waals surface area contributed by atoms with E-state index in [0.29, 0.717) is 17.1 Å². The topological polar surface area (TPSA) is 129 Å². The van der Waals surface area contributed by atoms with Crippen molar-refractivity contribution in [3.05, 3.63) is 34.9 Å². The standard InChI is InChI=1S/C16H22N6O4/c1-2-3-4-7-12(10-21(26)11-23)14(24)19-20-15-17-13-8-5-6-9-22(13)16(25)18-15/h5-6,8-9,11-12,26H,2-4,7,10H2,1H3,(H,19,24)(H,18,20,25)/t12-/m0/s1. The number of carbonyl (C=O) groups excluding carboxylic acids is 2. The lowest BCUT2D eigenvalue weighted by Crippen LogP contribution is -2.41. The first kappa shape index (κ1) is 19.3. The normalized spacial score (nSPS) is 11.8. The lowest BCUT2D eigenvalue weighted by molar-refractivity contribution is -0.154. The highest BCUT2D eigenvalue weighted by molar-refractivity contribution is 5.80. The van der Waals surface area contributed by atoms with Gasteiger partial charge in [-0.3, -0.25) is 30.0 Å². The predicted molar refractivity (Wildman–Crippen MR) is 93.2 cm³/mol. The Kier molecular flexibility index (Phi) is 7.03. The minimum atomic E-state index is -0.606. The fourth-order valence-electron chi connectivity index (χ4n) is 2.46. The van der Waals surface area contributed by atoms with Crippen LogP contribution in [0, 0.1) is 5.92 Å². The number of rotatable bonds is 10. The Morgan fingerprint density at radius 2 is 2.19 bits per heavy atom. The molecule has 0 aliphatic rings. The van der Waals surface area contributed by atoms with Crippen LogP contribution >= 0.6 is 0 Å². The minimum Gasteiger partial charge on any atom is -0.286 e. The molecule has 2 heterocycles. The number of hydrogen-bond acceptors (Lipinski definition) is 7. The molecule has 0 aliphatic heterocycles. The maximum absolute atomic E-state index is 12.3. The number of hydrazine groups is 1. The van der Waals surface area contributed by atoms with Gasteiger partial charge in [0.2, 0.25) is 18.3 Å². The number of hydroxylamine groups is 2. The van der Waals surface area contributed by atoms with Gasteiger partial charge in [-0.25, -0.2) is 9.86 Å². The molecule has 2 rings (SSSR count). The van der Waals surface area contributed by atoms with Crippen molar-refractivity contribution in [1.29, 1.82) is 0 Å². The summed E-state index contributed by atoms with van der Waals surface area (Å²) in [5, 5.41) is 9.81. The van der Waals surface area contributed by atoms with Crippen LogP contribution in [0.5, 0.6) is 0 Å². The number of nitrogens with one attached hydrogen (secondary N) is 2. The van der Waals surface area contributed by atoms with Gasteiger partial charge in [-0.2, -0.15) is 9.97 Å². The predicted octanol–water partition coefficient (Wildman–Crippen LogP) is 0.577. The second-order valence-corrected chi connectivity index (χ2v) is 5.79. The van der Waals surface area contributed by atoms with Crippen LogP contribution in [0.1, 0.15) is 32.6 Å². The van der Waals surface area contributed by atoms with Gasteiger partial charge in [0, 0.05) is 6.20 Å². The Morgan fingerprint density at radius 1 is 1.38 bits per heavy atom. The van der Waals surface area contributed by atoms with E-state index in [1.165, 1.54) is 4.40 Å². The highest BCUT2D eigenvalue weighted by atomic mass is 16.5. The van der Waals surface area contributed by atoms with Crippen LogP contribution in [0.15, 0.2) is 29.2 Å². The molecule has 0 aliphatic carbocycles. The van der Waals surface area contributed by atoms with Gasteiger partial charge in [0.05, 0.1) is 12.5 Å². The first-order valence-corrected chi connectivity index (χ1v) is 8.37. The van der Waals surface area contributed by atoms with Crippen molar-refractivity contribution in [3.8, 4) is 0 Å². The number of aromatic nitrogens is 3. The van der Waals surface area contributed by atoms with E-state index in [0.717, 1.165) is 19.3 Å². The smallest absolute Gasteiger partial charge is 0.286 e. The summed E-state index contributed by atoms with van der Waals surface area (Å²) in [6.45, 7) is 1.91. The molecule has 0 saturated carbocycles. The molecule has 26 heavy (non-hydrogen) atoms. The van der Waals surface area contributed by atoms with Crippen LogP contribution < -0.4 is 16.5 Å². The number of nitrogens with zero attached hydrogens (tertiary/aromatic N) is 4. The number of anilines is 1. The third-order valence-corrected chi connectivity index (χ3v) is 3.82. The van der Waals surface area contributed by atoms with E-state index in [4.69, 9.17) is 0 Å². The number of fused-ring (bicyclic) bond motifs is 1. The van der Waals surface area contributed by atoms with E-state index in [9.17, 15) is 19.6 Å². The van der Waals surface area contributed by atoms with E-state index in [2.05, 4.69) is 20.8 Å². The van der Waals surface area contributed by atoms with Gasteiger partial charge in [-0.05, 0) is 18.6 Å². The van der Waals surface area contributed by atoms with Gasteiger partial charge >= 0.3 is 5.69 Å². The van der Waals surface area contributed by atoms with E-state index in [1.54, 1.807) is 24.4 Å². The molecule has 0 unspecified atom stereocenters. The summed E-state index contributed by atoms with van der Waals surface area (Å²) in [7, 11) is 0. The van der Waals surface area contributed by atoms with Gasteiger partial charge in [-0.1, -0.05) is 32.3 Å². The van der Waals surface area contributed by atoms with Gasteiger partial charge in [0.1, 0.15) is 5.65 Å². The molecule has 0 bridgehead atoms. The second-order valence-electron chi connectivity index (χ2n) is 5.79. The molecule has 0 spiro atoms. The summed E-state index contributed by atoms with van der Waals surface area (Å²) in [6.07, 6.45) is 5.01. The van der Waals surface area contributed by atoms with Gasteiger partial charge < -0.3 is 0 Å². The van der Waals surface area contributed by atoms with E-state index in [1.807, 2.05) is 6.92 Å². The largest absolute Gasteiger partial charge is 0.356 e. The molecular weight excluding hydrogens is 340 g/mol. The number of carbonyl (C=O) groups is 2. The Labute approximate surface area is 149 Å². The Hall–Kier alpha value is -3.01. The summed E-state index contributed by atoms with van der Waals surface area (Å²) in [5.74, 6) is -1.08. The van der Waals surface area contributed by atoms with Crippen LogP contribution in [0.25, 0.3) is 5.65 Å². The van der Waals surface area contributed by atoms with Crippen LogP contribution in [0.2, 0.25) is 0 Å². The first-order valence-electron chi connectivity index (χ1n) is 8.37. The van der Waals surface area contributed by atoms with Crippen LogP contribution in [-0.2, 0) is 9.59 Å². The summed E-state index contributed by atoms with van der Waals surface area (Å²) in [5.41, 5.74) is 4.80. The maximum atomic E-state index is 12.3. The van der Waals surface area contributed by atoms with Crippen LogP contribution in [0.3, 0.4) is 0 Å². The van der Waals surface area contributed by atoms with Crippen molar-refractivity contribution >= 4 is 23.9 Å². The molecule has 2 amide bonds. The molecule has 2 aromatic rings. The lowest BCUT2D eigenvalue weighted by atomic mass is 10.0. The molecule has 1 atom stereocenters. The van der Waals surface area contributed by atoms with Crippen molar-refractivity contribution < 1.29 is 14.8 Å². The van der Waals surface area contributed by atoms with Gasteiger partial charge in [-0.15, -0.1) is 0 Å². The van der Waals surface area contributed by atoms with Crippen LogP contribution in [-0.4, -0.2) is 43.5 Å². The number of amides is 2. The highest BCUT2D eigenvalue weighted by Gasteiger charge is 2.20. The average Bonchev–Trinajstić information content (AvgIpc) is 2.65. The number of hydrogen-bond donors (Lipinski definition) is 3. The number of unbranched alkanes of at least 4 members (excludes halogenated alkanes) is 2. The highest BCUT2D eigenvalue weighted by Crippen LogP contribution is 2.11. The van der Waals surface area contributed by atoms with Crippen molar-refractivity contribution in [2.45, 2.75) is 32.6 Å². The molecule has 0 radical (unpaired) electrons. The molecule has 10 heteroatoms. The third kappa shape index (κ3) is 5.24. The maximum Gasteiger partial charge on any atom is 0.356 e. The Bertz CT molecular complexity index is 809. The molecule has 0 saturated heterocycles. The fraction of sp³-hybridized carbons (Fsp3) is 0.438. The zero-order chi connectivity index (χ0) is 18.9. The first-order chi connectivity index (χ1) is 12.5. The summed E-state index contributed by atoms with van der Waals surface area (Å²) < 4.78 is 1.27.